The Hall–Kier alpha value is -2.18. The molecule has 2 atom stereocenters. The maximum Gasteiger partial charge on any atom is 0.338 e. The van der Waals surface area contributed by atoms with E-state index < -0.39 is 22.4 Å². The second-order valence-electron chi connectivity index (χ2n) is 7.17. The van der Waals surface area contributed by atoms with Crippen molar-refractivity contribution in [2.45, 2.75) is 46.1 Å². The number of halogens is 1. The predicted molar refractivity (Wildman–Crippen MR) is 84.2 cm³/mol. The van der Waals surface area contributed by atoms with Gasteiger partial charge in [0.2, 0.25) is 5.82 Å². The zero-order valence-corrected chi connectivity index (χ0v) is 13.4. The summed E-state index contributed by atoms with van der Waals surface area (Å²) in [6.45, 7) is 6.42. The van der Waals surface area contributed by atoms with Gasteiger partial charge in [0.1, 0.15) is 0 Å². The Bertz CT molecular complexity index is 645. The van der Waals surface area contributed by atoms with Gasteiger partial charge < -0.3 is 10.4 Å². The molecule has 2 rings (SSSR count). The van der Waals surface area contributed by atoms with E-state index in [1.54, 1.807) is 0 Å². The molecule has 1 saturated carbocycles. The molecule has 1 aliphatic carbocycles. The van der Waals surface area contributed by atoms with Crippen molar-refractivity contribution in [1.82, 2.24) is 0 Å². The molecule has 1 aromatic carbocycles. The van der Waals surface area contributed by atoms with E-state index >= 15 is 0 Å². The molecule has 0 amide bonds. The number of aromatic carboxylic acids is 1. The van der Waals surface area contributed by atoms with E-state index in [9.17, 15) is 24.4 Å². The van der Waals surface area contributed by atoms with Crippen LogP contribution in [0.25, 0.3) is 0 Å². The van der Waals surface area contributed by atoms with Crippen molar-refractivity contribution >= 4 is 17.3 Å². The lowest BCUT2D eigenvalue weighted by atomic mass is 9.70. The topological polar surface area (TPSA) is 92.5 Å². The average molecular weight is 324 g/mol. The highest BCUT2D eigenvalue weighted by Crippen LogP contribution is 2.40. The second-order valence-corrected chi connectivity index (χ2v) is 7.17. The zero-order chi connectivity index (χ0) is 17.4. The number of nitro benzene ring substituents is 1. The molecule has 0 aromatic heterocycles. The molecule has 0 saturated heterocycles. The summed E-state index contributed by atoms with van der Waals surface area (Å²) in [7, 11) is 0. The zero-order valence-electron chi connectivity index (χ0n) is 13.4. The third-order valence-electron chi connectivity index (χ3n) is 4.26. The number of carboxylic acid groups (broad SMARTS) is 1. The van der Waals surface area contributed by atoms with Gasteiger partial charge in [0.15, 0.2) is 0 Å². The van der Waals surface area contributed by atoms with Crippen LogP contribution in [0, 0.1) is 27.3 Å². The lowest BCUT2D eigenvalue weighted by Gasteiger charge is -2.39. The number of rotatable bonds is 4. The Balaban J connectivity index is 2.34. The number of hydrogen-bond acceptors (Lipinski definition) is 4. The van der Waals surface area contributed by atoms with Crippen LogP contribution in [-0.4, -0.2) is 22.0 Å². The molecule has 2 unspecified atom stereocenters. The van der Waals surface area contributed by atoms with E-state index in [1.165, 1.54) is 0 Å². The maximum atomic E-state index is 13.9. The second kappa shape index (κ2) is 6.14. The van der Waals surface area contributed by atoms with Crippen LogP contribution >= 0.6 is 0 Å². The summed E-state index contributed by atoms with van der Waals surface area (Å²) >= 11 is 0. The summed E-state index contributed by atoms with van der Waals surface area (Å²) in [6.07, 6.45) is 2.75. The number of nitrogens with zero attached hydrogens (tertiary/aromatic N) is 1. The minimum Gasteiger partial charge on any atom is -0.478 e. The molecule has 0 radical (unpaired) electrons. The molecule has 2 N–H and O–H groups in total. The van der Waals surface area contributed by atoms with E-state index in [0.717, 1.165) is 31.4 Å². The van der Waals surface area contributed by atoms with E-state index in [4.69, 9.17) is 0 Å². The van der Waals surface area contributed by atoms with Crippen molar-refractivity contribution in [3.8, 4) is 0 Å². The summed E-state index contributed by atoms with van der Waals surface area (Å²) < 4.78 is 13.9. The van der Waals surface area contributed by atoms with Gasteiger partial charge in [0.25, 0.3) is 0 Å². The molecule has 0 aliphatic heterocycles. The molecule has 0 spiro atoms. The maximum absolute atomic E-state index is 13.9. The number of hydrogen-bond donors (Lipinski definition) is 2. The van der Waals surface area contributed by atoms with Crippen molar-refractivity contribution in [1.29, 1.82) is 0 Å². The minimum absolute atomic E-state index is 0.00714. The van der Waals surface area contributed by atoms with Crippen LogP contribution in [0.3, 0.4) is 0 Å². The molecule has 1 aromatic rings. The summed E-state index contributed by atoms with van der Waals surface area (Å²) in [5.74, 6) is -1.89. The number of nitrogens with one attached hydrogen (secondary N) is 1. The van der Waals surface area contributed by atoms with Crippen molar-refractivity contribution in [2.24, 2.45) is 11.3 Å². The van der Waals surface area contributed by atoms with Crippen LogP contribution in [0.15, 0.2) is 12.1 Å². The number of carbonyl (C=O) groups is 1. The summed E-state index contributed by atoms with van der Waals surface area (Å²) in [4.78, 5) is 21.2. The van der Waals surface area contributed by atoms with Crippen LogP contribution in [0.4, 0.5) is 15.8 Å². The van der Waals surface area contributed by atoms with Gasteiger partial charge in [-0.2, -0.15) is 4.39 Å². The van der Waals surface area contributed by atoms with Crippen molar-refractivity contribution in [3.63, 3.8) is 0 Å². The SMILES string of the molecule is CC1CC(Nc2cc(F)c([N+](=O)[O-])cc2C(=O)O)CC(C)(C)C1. The first-order chi connectivity index (χ1) is 10.6. The monoisotopic (exact) mass is 324 g/mol. The molecule has 23 heavy (non-hydrogen) atoms. The van der Waals surface area contributed by atoms with E-state index in [-0.39, 0.29) is 22.7 Å². The van der Waals surface area contributed by atoms with E-state index in [1.807, 2.05) is 0 Å². The Kier molecular flexibility index (Phi) is 4.58. The van der Waals surface area contributed by atoms with Crippen molar-refractivity contribution in [3.05, 3.63) is 33.6 Å². The van der Waals surface area contributed by atoms with Gasteiger partial charge in [-0.15, -0.1) is 0 Å². The summed E-state index contributed by atoms with van der Waals surface area (Å²) in [5.41, 5.74) is -0.909. The first-order valence-electron chi connectivity index (χ1n) is 7.57. The fourth-order valence-electron chi connectivity index (χ4n) is 3.67. The van der Waals surface area contributed by atoms with Crippen LogP contribution < -0.4 is 5.32 Å². The largest absolute Gasteiger partial charge is 0.478 e. The van der Waals surface area contributed by atoms with E-state index in [0.29, 0.717) is 5.92 Å². The molecule has 0 heterocycles. The predicted octanol–water partition coefficient (Wildman–Crippen LogP) is 4.06. The summed E-state index contributed by atoms with van der Waals surface area (Å²) in [6, 6.07) is 1.69. The van der Waals surface area contributed by atoms with Crippen LogP contribution in [0.5, 0.6) is 0 Å². The van der Waals surface area contributed by atoms with Gasteiger partial charge in [-0.05, 0) is 30.6 Å². The highest BCUT2D eigenvalue weighted by atomic mass is 19.1. The normalized spacial score (nSPS) is 23.3. The van der Waals surface area contributed by atoms with Gasteiger partial charge in [0.05, 0.1) is 16.2 Å². The molecule has 1 aliphatic rings. The fourth-order valence-corrected chi connectivity index (χ4v) is 3.67. The molecular weight excluding hydrogens is 303 g/mol. The Labute approximate surface area is 133 Å². The van der Waals surface area contributed by atoms with Gasteiger partial charge in [0, 0.05) is 18.2 Å². The Morgan fingerprint density at radius 1 is 1.43 bits per heavy atom. The minimum atomic E-state index is -1.32. The lowest BCUT2D eigenvalue weighted by molar-refractivity contribution is -0.387. The number of benzene rings is 1. The molecule has 0 bridgehead atoms. The smallest absolute Gasteiger partial charge is 0.338 e. The first kappa shape index (κ1) is 17.2. The van der Waals surface area contributed by atoms with E-state index in [2.05, 4.69) is 26.1 Å². The number of anilines is 1. The van der Waals surface area contributed by atoms with Gasteiger partial charge in [-0.1, -0.05) is 20.8 Å². The highest BCUT2D eigenvalue weighted by molar-refractivity contribution is 5.95. The highest BCUT2D eigenvalue weighted by Gasteiger charge is 2.33. The fraction of sp³-hybridized carbons (Fsp3) is 0.562. The average Bonchev–Trinajstić information content (AvgIpc) is 2.35. The third-order valence-corrected chi connectivity index (χ3v) is 4.26. The molecular formula is C16H21FN2O4. The van der Waals surface area contributed by atoms with Gasteiger partial charge in [-0.3, -0.25) is 10.1 Å². The van der Waals surface area contributed by atoms with Crippen molar-refractivity contribution < 1.29 is 19.2 Å². The summed E-state index contributed by atoms with van der Waals surface area (Å²) in [5, 5.41) is 23.1. The number of nitro groups is 1. The molecule has 6 nitrogen and oxygen atoms in total. The van der Waals surface area contributed by atoms with Gasteiger partial charge >= 0.3 is 11.7 Å². The Morgan fingerprint density at radius 3 is 2.61 bits per heavy atom. The third kappa shape index (κ3) is 3.97. The van der Waals surface area contributed by atoms with Crippen LogP contribution in [0.2, 0.25) is 0 Å². The molecule has 126 valence electrons. The lowest BCUT2D eigenvalue weighted by Crippen LogP contribution is -2.35. The standard InChI is InChI=1S/C16H21FN2O4/c1-9-4-10(8-16(2,3)7-9)18-13-6-12(17)14(19(22)23)5-11(13)15(20)21/h5-6,9-10,18H,4,7-8H2,1-3H3,(H,20,21). The molecule has 7 heteroatoms. The van der Waals surface area contributed by atoms with Crippen LogP contribution in [-0.2, 0) is 0 Å². The van der Waals surface area contributed by atoms with Gasteiger partial charge in [-0.25, -0.2) is 4.79 Å². The Morgan fingerprint density at radius 2 is 2.09 bits per heavy atom. The van der Waals surface area contributed by atoms with Crippen LogP contribution in [0.1, 0.15) is 50.4 Å². The number of carboxylic acids is 1. The first-order valence-corrected chi connectivity index (χ1v) is 7.57. The quantitative estimate of drug-likeness (QED) is 0.643. The van der Waals surface area contributed by atoms with Crippen molar-refractivity contribution in [2.75, 3.05) is 5.32 Å². The molecule has 1 fully saturated rings.